The Balaban J connectivity index is 2.11. The molecule has 0 spiro atoms. The van der Waals surface area contributed by atoms with Crippen LogP contribution in [0.25, 0.3) is 0 Å². The molecule has 0 fully saturated rings. The second-order valence-corrected chi connectivity index (χ2v) is 6.67. The number of aryl methyl sites for hydroxylation is 2. The standard InChI is InChI=1S/C17H23NO2S/c1-5-12-8-7-9-13(10-12)20-11-15-18-14(6-2)16(21-15)17(3,4)19/h7-10,19H,5-6,11H2,1-4H3. The lowest BCUT2D eigenvalue weighted by molar-refractivity contribution is 0.0814. The lowest BCUT2D eigenvalue weighted by atomic mass is 10.1. The molecular weight excluding hydrogens is 282 g/mol. The second kappa shape index (κ2) is 6.58. The summed E-state index contributed by atoms with van der Waals surface area (Å²) in [5.74, 6) is 0.868. The molecule has 0 aliphatic carbocycles. The lowest BCUT2D eigenvalue weighted by Crippen LogP contribution is -2.15. The highest BCUT2D eigenvalue weighted by Gasteiger charge is 2.24. The van der Waals surface area contributed by atoms with E-state index >= 15 is 0 Å². The van der Waals surface area contributed by atoms with E-state index < -0.39 is 5.60 Å². The zero-order valence-corrected chi connectivity index (χ0v) is 14.0. The maximum Gasteiger partial charge on any atom is 0.140 e. The van der Waals surface area contributed by atoms with Crippen molar-refractivity contribution in [3.05, 3.63) is 45.4 Å². The molecule has 1 aromatic carbocycles. The Morgan fingerprint density at radius 3 is 2.57 bits per heavy atom. The van der Waals surface area contributed by atoms with Gasteiger partial charge in [0.2, 0.25) is 0 Å². The van der Waals surface area contributed by atoms with Gasteiger partial charge in [-0.05, 0) is 44.4 Å². The van der Waals surface area contributed by atoms with Gasteiger partial charge in [-0.1, -0.05) is 26.0 Å². The van der Waals surface area contributed by atoms with Gasteiger partial charge >= 0.3 is 0 Å². The van der Waals surface area contributed by atoms with Gasteiger partial charge in [0.25, 0.3) is 0 Å². The zero-order valence-electron chi connectivity index (χ0n) is 13.1. The Labute approximate surface area is 130 Å². The smallest absolute Gasteiger partial charge is 0.140 e. The molecular formula is C17H23NO2S. The number of hydrogen-bond acceptors (Lipinski definition) is 4. The molecule has 0 radical (unpaired) electrons. The van der Waals surface area contributed by atoms with Crippen LogP contribution >= 0.6 is 11.3 Å². The van der Waals surface area contributed by atoms with Crippen molar-refractivity contribution in [2.24, 2.45) is 0 Å². The summed E-state index contributed by atoms with van der Waals surface area (Å²) >= 11 is 1.53. The minimum atomic E-state index is -0.844. The van der Waals surface area contributed by atoms with Crippen molar-refractivity contribution in [1.82, 2.24) is 4.98 Å². The molecule has 0 atom stereocenters. The summed E-state index contributed by atoms with van der Waals surface area (Å²) in [5.41, 5.74) is 1.38. The molecule has 0 aliphatic rings. The Bertz CT molecular complexity index is 599. The molecule has 4 heteroatoms. The normalized spacial score (nSPS) is 11.7. The van der Waals surface area contributed by atoms with E-state index in [9.17, 15) is 5.11 Å². The summed E-state index contributed by atoms with van der Waals surface area (Å²) in [7, 11) is 0. The van der Waals surface area contributed by atoms with Crippen LogP contribution < -0.4 is 4.74 Å². The maximum atomic E-state index is 10.2. The first-order valence-corrected chi connectivity index (χ1v) is 8.18. The van der Waals surface area contributed by atoms with Crippen LogP contribution in [0, 0.1) is 0 Å². The van der Waals surface area contributed by atoms with E-state index in [1.807, 2.05) is 12.1 Å². The predicted octanol–water partition coefficient (Wildman–Crippen LogP) is 4.07. The Hall–Kier alpha value is -1.39. The Kier molecular flexibility index (Phi) is 5.01. The van der Waals surface area contributed by atoms with Crippen LogP contribution in [0.2, 0.25) is 0 Å². The van der Waals surface area contributed by atoms with E-state index in [1.165, 1.54) is 16.9 Å². The summed E-state index contributed by atoms with van der Waals surface area (Å²) in [6.07, 6.45) is 1.82. The average Bonchev–Trinajstić information content (AvgIpc) is 2.89. The van der Waals surface area contributed by atoms with Crippen molar-refractivity contribution in [1.29, 1.82) is 0 Å². The molecule has 0 saturated carbocycles. The van der Waals surface area contributed by atoms with Crippen molar-refractivity contribution < 1.29 is 9.84 Å². The molecule has 2 aromatic rings. The van der Waals surface area contributed by atoms with E-state index in [1.54, 1.807) is 13.8 Å². The first-order valence-electron chi connectivity index (χ1n) is 7.37. The van der Waals surface area contributed by atoms with Crippen LogP contribution in [0.5, 0.6) is 5.75 Å². The van der Waals surface area contributed by atoms with Crippen molar-refractivity contribution in [3.8, 4) is 5.75 Å². The largest absolute Gasteiger partial charge is 0.486 e. The van der Waals surface area contributed by atoms with Crippen LogP contribution in [-0.4, -0.2) is 10.1 Å². The maximum absolute atomic E-state index is 10.2. The molecule has 1 aromatic heterocycles. The van der Waals surface area contributed by atoms with Crippen molar-refractivity contribution >= 4 is 11.3 Å². The van der Waals surface area contributed by atoms with E-state index in [-0.39, 0.29) is 0 Å². The molecule has 114 valence electrons. The summed E-state index contributed by atoms with van der Waals surface area (Å²) in [6.45, 7) is 8.23. The second-order valence-electron chi connectivity index (χ2n) is 5.59. The van der Waals surface area contributed by atoms with E-state index in [0.717, 1.165) is 34.2 Å². The van der Waals surface area contributed by atoms with Gasteiger partial charge in [0.1, 0.15) is 17.4 Å². The zero-order chi connectivity index (χ0) is 15.5. The quantitative estimate of drug-likeness (QED) is 0.874. The molecule has 0 bridgehead atoms. The fourth-order valence-electron chi connectivity index (χ4n) is 2.18. The molecule has 0 amide bonds. The van der Waals surface area contributed by atoms with Gasteiger partial charge in [-0.2, -0.15) is 0 Å². The highest BCUT2D eigenvalue weighted by Crippen LogP contribution is 2.30. The van der Waals surface area contributed by atoms with Crippen molar-refractivity contribution in [3.63, 3.8) is 0 Å². The third-order valence-corrected chi connectivity index (χ3v) is 4.69. The van der Waals surface area contributed by atoms with Crippen LogP contribution in [0.15, 0.2) is 24.3 Å². The Morgan fingerprint density at radius 2 is 2.00 bits per heavy atom. The minimum Gasteiger partial charge on any atom is -0.486 e. The molecule has 0 aliphatic heterocycles. The van der Waals surface area contributed by atoms with Gasteiger partial charge < -0.3 is 9.84 Å². The van der Waals surface area contributed by atoms with Crippen LogP contribution in [0.3, 0.4) is 0 Å². The van der Waals surface area contributed by atoms with Gasteiger partial charge in [-0.15, -0.1) is 11.3 Å². The lowest BCUT2D eigenvalue weighted by Gasteiger charge is -2.15. The van der Waals surface area contributed by atoms with Gasteiger partial charge in [0.05, 0.1) is 16.2 Å². The molecule has 0 saturated heterocycles. The summed E-state index contributed by atoms with van der Waals surface area (Å²) in [5, 5.41) is 11.1. The number of aromatic nitrogens is 1. The van der Waals surface area contributed by atoms with E-state index in [4.69, 9.17) is 4.74 Å². The number of nitrogens with zero attached hydrogens (tertiary/aromatic N) is 1. The first-order chi connectivity index (χ1) is 9.94. The fourth-order valence-corrected chi connectivity index (χ4v) is 3.25. The average molecular weight is 305 g/mol. The molecule has 21 heavy (non-hydrogen) atoms. The number of rotatable bonds is 6. The van der Waals surface area contributed by atoms with Crippen LogP contribution in [0.4, 0.5) is 0 Å². The van der Waals surface area contributed by atoms with Crippen molar-refractivity contribution in [2.45, 2.75) is 52.7 Å². The summed E-state index contributed by atoms with van der Waals surface area (Å²) in [6, 6.07) is 8.13. The predicted molar refractivity (Wildman–Crippen MR) is 86.9 cm³/mol. The fraction of sp³-hybridized carbons (Fsp3) is 0.471. The highest BCUT2D eigenvalue weighted by atomic mass is 32.1. The van der Waals surface area contributed by atoms with Gasteiger partial charge in [-0.25, -0.2) is 4.98 Å². The molecule has 1 N–H and O–H groups in total. The molecule has 2 rings (SSSR count). The topological polar surface area (TPSA) is 42.4 Å². The monoisotopic (exact) mass is 305 g/mol. The number of aliphatic hydroxyl groups is 1. The summed E-state index contributed by atoms with van der Waals surface area (Å²) < 4.78 is 5.83. The van der Waals surface area contributed by atoms with Crippen LogP contribution in [-0.2, 0) is 25.0 Å². The third kappa shape index (κ3) is 4.05. The van der Waals surface area contributed by atoms with E-state index in [0.29, 0.717) is 6.61 Å². The van der Waals surface area contributed by atoms with Gasteiger partial charge in [-0.3, -0.25) is 0 Å². The molecule has 0 unspecified atom stereocenters. The minimum absolute atomic E-state index is 0.445. The van der Waals surface area contributed by atoms with Gasteiger partial charge in [0.15, 0.2) is 0 Å². The number of ether oxygens (including phenoxy) is 1. The first kappa shape index (κ1) is 16.0. The van der Waals surface area contributed by atoms with Crippen molar-refractivity contribution in [2.75, 3.05) is 0 Å². The van der Waals surface area contributed by atoms with E-state index in [2.05, 4.69) is 31.0 Å². The number of benzene rings is 1. The highest BCUT2D eigenvalue weighted by molar-refractivity contribution is 7.11. The Morgan fingerprint density at radius 1 is 1.24 bits per heavy atom. The number of hydrogen-bond donors (Lipinski definition) is 1. The SMILES string of the molecule is CCc1cccc(OCc2nc(CC)c(C(C)(C)O)s2)c1. The summed E-state index contributed by atoms with van der Waals surface area (Å²) in [4.78, 5) is 5.52. The molecule has 3 nitrogen and oxygen atoms in total. The molecule has 1 heterocycles. The van der Waals surface area contributed by atoms with Crippen LogP contribution in [0.1, 0.15) is 48.8 Å². The van der Waals surface area contributed by atoms with Gasteiger partial charge in [0, 0.05) is 0 Å². The third-order valence-electron chi connectivity index (χ3n) is 3.30. The number of thiazole rings is 1.